The van der Waals surface area contributed by atoms with E-state index in [0.717, 1.165) is 10.6 Å². The van der Waals surface area contributed by atoms with E-state index in [2.05, 4.69) is 20.8 Å². The molecular formula is C17H18N6O2S. The summed E-state index contributed by atoms with van der Waals surface area (Å²) in [4.78, 5) is 27.4. The lowest BCUT2D eigenvalue weighted by atomic mass is 10.2. The maximum Gasteiger partial charge on any atom is 0.254 e. The second-order valence-corrected chi connectivity index (χ2v) is 6.51. The number of likely N-dealkylation sites (N-methyl/N-ethyl adjacent to an activating group) is 1. The second-order valence-electron chi connectivity index (χ2n) is 5.48. The summed E-state index contributed by atoms with van der Waals surface area (Å²) in [6, 6.07) is 10.8. The fourth-order valence-electron chi connectivity index (χ4n) is 2.37. The molecule has 0 bridgehead atoms. The predicted molar refractivity (Wildman–Crippen MR) is 96.9 cm³/mol. The van der Waals surface area contributed by atoms with Crippen LogP contribution in [0.1, 0.15) is 22.2 Å². The highest BCUT2D eigenvalue weighted by atomic mass is 32.1. The summed E-state index contributed by atoms with van der Waals surface area (Å²) in [5.74, 6) is -0.374. The standard InChI is InChI=1S/C17H18N6O2S/c1-2-22(11-16(24)18-10-15-4-3-9-26-15)17(25)13-5-7-14(8-6-13)23-12-19-20-21-23/h3-9,12H,2,10-11H2,1H3,(H,18,24). The van der Waals surface area contributed by atoms with Crippen molar-refractivity contribution in [2.45, 2.75) is 13.5 Å². The molecule has 2 amide bonds. The summed E-state index contributed by atoms with van der Waals surface area (Å²) in [6.45, 7) is 2.79. The molecule has 8 nitrogen and oxygen atoms in total. The molecular weight excluding hydrogens is 352 g/mol. The largest absolute Gasteiger partial charge is 0.350 e. The normalized spacial score (nSPS) is 10.5. The maximum atomic E-state index is 12.6. The Morgan fingerprint density at radius 1 is 1.23 bits per heavy atom. The molecule has 3 aromatic rings. The van der Waals surface area contributed by atoms with Crippen molar-refractivity contribution in [3.05, 3.63) is 58.5 Å². The molecule has 1 N–H and O–H groups in total. The van der Waals surface area contributed by atoms with E-state index >= 15 is 0 Å². The first-order valence-corrected chi connectivity index (χ1v) is 8.97. The number of aromatic nitrogens is 4. The van der Waals surface area contributed by atoms with Crippen molar-refractivity contribution in [1.82, 2.24) is 30.4 Å². The monoisotopic (exact) mass is 370 g/mol. The third-order valence-corrected chi connectivity index (χ3v) is 4.65. The molecule has 0 saturated heterocycles. The number of rotatable bonds is 7. The number of benzene rings is 1. The molecule has 0 spiro atoms. The Bertz CT molecular complexity index is 846. The molecule has 0 saturated carbocycles. The number of tetrazole rings is 1. The lowest BCUT2D eigenvalue weighted by molar-refractivity contribution is -0.121. The van der Waals surface area contributed by atoms with Crippen LogP contribution < -0.4 is 5.32 Å². The van der Waals surface area contributed by atoms with Crippen molar-refractivity contribution in [3.8, 4) is 5.69 Å². The van der Waals surface area contributed by atoms with Crippen LogP contribution in [0.2, 0.25) is 0 Å². The molecule has 134 valence electrons. The molecule has 1 aromatic carbocycles. The lowest BCUT2D eigenvalue weighted by Crippen LogP contribution is -2.40. The quantitative estimate of drug-likeness (QED) is 0.680. The van der Waals surface area contributed by atoms with Crippen LogP contribution in [0.25, 0.3) is 5.69 Å². The molecule has 0 aliphatic rings. The third kappa shape index (κ3) is 4.31. The van der Waals surface area contributed by atoms with E-state index in [-0.39, 0.29) is 18.4 Å². The average molecular weight is 370 g/mol. The molecule has 26 heavy (non-hydrogen) atoms. The van der Waals surface area contributed by atoms with Gasteiger partial charge < -0.3 is 10.2 Å². The van der Waals surface area contributed by atoms with Crippen molar-refractivity contribution in [1.29, 1.82) is 0 Å². The van der Waals surface area contributed by atoms with Crippen LogP contribution in [-0.4, -0.2) is 50.0 Å². The molecule has 2 aromatic heterocycles. The number of carbonyl (C=O) groups is 2. The maximum absolute atomic E-state index is 12.6. The minimum Gasteiger partial charge on any atom is -0.350 e. The molecule has 0 atom stereocenters. The number of hydrogen-bond acceptors (Lipinski definition) is 6. The third-order valence-electron chi connectivity index (χ3n) is 3.77. The summed E-state index contributed by atoms with van der Waals surface area (Å²) in [7, 11) is 0. The Labute approximate surface area is 154 Å². The average Bonchev–Trinajstić information content (AvgIpc) is 3.38. The number of hydrogen-bond donors (Lipinski definition) is 1. The fourth-order valence-corrected chi connectivity index (χ4v) is 3.02. The molecule has 0 aliphatic heterocycles. The van der Waals surface area contributed by atoms with Gasteiger partial charge in [0.05, 0.1) is 18.8 Å². The van der Waals surface area contributed by atoms with E-state index < -0.39 is 0 Å². The summed E-state index contributed by atoms with van der Waals surface area (Å²) < 4.78 is 1.50. The van der Waals surface area contributed by atoms with E-state index in [4.69, 9.17) is 0 Å². The van der Waals surface area contributed by atoms with E-state index in [1.807, 2.05) is 24.4 Å². The summed E-state index contributed by atoms with van der Waals surface area (Å²) >= 11 is 1.58. The first-order chi connectivity index (χ1) is 12.7. The van der Waals surface area contributed by atoms with Gasteiger partial charge in [-0.25, -0.2) is 4.68 Å². The highest BCUT2D eigenvalue weighted by Crippen LogP contribution is 2.11. The number of carbonyl (C=O) groups excluding carboxylic acids is 2. The van der Waals surface area contributed by atoms with Crippen molar-refractivity contribution in [3.63, 3.8) is 0 Å². The fraction of sp³-hybridized carbons (Fsp3) is 0.235. The van der Waals surface area contributed by atoms with Crippen molar-refractivity contribution in [2.24, 2.45) is 0 Å². The van der Waals surface area contributed by atoms with Crippen molar-refractivity contribution >= 4 is 23.2 Å². The highest BCUT2D eigenvalue weighted by molar-refractivity contribution is 7.09. The zero-order valence-electron chi connectivity index (χ0n) is 14.2. The molecule has 2 heterocycles. The molecule has 3 rings (SSSR count). The van der Waals surface area contributed by atoms with Gasteiger partial charge in [-0.05, 0) is 53.1 Å². The van der Waals surface area contributed by atoms with Crippen LogP contribution in [0.15, 0.2) is 48.1 Å². The Morgan fingerprint density at radius 2 is 2.04 bits per heavy atom. The van der Waals surface area contributed by atoms with Crippen LogP contribution in [0, 0.1) is 0 Å². The van der Waals surface area contributed by atoms with Gasteiger partial charge in [0.2, 0.25) is 5.91 Å². The summed E-state index contributed by atoms with van der Waals surface area (Å²) in [6.07, 6.45) is 1.48. The number of nitrogens with one attached hydrogen (secondary N) is 1. The Morgan fingerprint density at radius 3 is 2.65 bits per heavy atom. The van der Waals surface area contributed by atoms with Gasteiger partial charge in [0, 0.05) is 17.0 Å². The minimum atomic E-state index is -0.193. The number of thiophene rings is 1. The van der Waals surface area contributed by atoms with Gasteiger partial charge in [-0.1, -0.05) is 6.07 Å². The van der Waals surface area contributed by atoms with E-state index in [0.29, 0.717) is 18.7 Å². The SMILES string of the molecule is CCN(CC(=O)NCc1cccs1)C(=O)c1ccc(-n2cnnn2)cc1. The van der Waals surface area contributed by atoms with Gasteiger partial charge in [-0.2, -0.15) is 0 Å². The molecule has 9 heteroatoms. The minimum absolute atomic E-state index is 0.0233. The summed E-state index contributed by atoms with van der Waals surface area (Å²) in [5.41, 5.74) is 1.26. The smallest absolute Gasteiger partial charge is 0.254 e. The van der Waals surface area contributed by atoms with Gasteiger partial charge in [-0.3, -0.25) is 9.59 Å². The lowest BCUT2D eigenvalue weighted by Gasteiger charge is -2.20. The van der Waals surface area contributed by atoms with Gasteiger partial charge in [0.25, 0.3) is 5.91 Å². The van der Waals surface area contributed by atoms with Crippen molar-refractivity contribution < 1.29 is 9.59 Å². The first kappa shape index (κ1) is 17.7. The second kappa shape index (κ2) is 8.34. The van der Waals surface area contributed by atoms with Crippen LogP contribution in [0.3, 0.4) is 0 Å². The Balaban J connectivity index is 1.60. The Hall–Kier alpha value is -3.07. The van der Waals surface area contributed by atoms with Gasteiger partial charge >= 0.3 is 0 Å². The summed E-state index contributed by atoms with van der Waals surface area (Å²) in [5, 5.41) is 15.8. The van der Waals surface area contributed by atoms with Crippen LogP contribution in [-0.2, 0) is 11.3 Å². The highest BCUT2D eigenvalue weighted by Gasteiger charge is 2.17. The zero-order chi connectivity index (χ0) is 18.4. The molecule has 0 fully saturated rings. The van der Waals surface area contributed by atoms with Crippen LogP contribution >= 0.6 is 11.3 Å². The Kier molecular flexibility index (Phi) is 5.69. The number of nitrogens with zero attached hydrogens (tertiary/aromatic N) is 5. The van der Waals surface area contributed by atoms with E-state index in [9.17, 15) is 9.59 Å². The van der Waals surface area contributed by atoms with Crippen molar-refractivity contribution in [2.75, 3.05) is 13.1 Å². The predicted octanol–water partition coefficient (Wildman–Crippen LogP) is 1.50. The van der Waals surface area contributed by atoms with Crippen LogP contribution in [0.4, 0.5) is 0 Å². The molecule has 0 radical (unpaired) electrons. The van der Waals surface area contributed by atoms with E-state index in [1.54, 1.807) is 35.6 Å². The molecule has 0 unspecified atom stereocenters. The van der Waals surface area contributed by atoms with Gasteiger partial charge in [0.1, 0.15) is 6.33 Å². The molecule has 0 aliphatic carbocycles. The van der Waals surface area contributed by atoms with Gasteiger partial charge in [0.15, 0.2) is 0 Å². The first-order valence-electron chi connectivity index (χ1n) is 8.09. The van der Waals surface area contributed by atoms with Gasteiger partial charge in [-0.15, -0.1) is 16.4 Å². The van der Waals surface area contributed by atoms with E-state index in [1.165, 1.54) is 15.9 Å². The van der Waals surface area contributed by atoms with Crippen LogP contribution in [0.5, 0.6) is 0 Å². The topological polar surface area (TPSA) is 93.0 Å². The zero-order valence-corrected chi connectivity index (χ0v) is 15.0. The number of amides is 2.